The summed E-state index contributed by atoms with van der Waals surface area (Å²) in [4.78, 5) is 41.8. The third-order valence-electron chi connectivity index (χ3n) is 3.91. The third kappa shape index (κ3) is 4.92. The van der Waals surface area contributed by atoms with Crippen LogP contribution in [-0.2, 0) is 6.61 Å². The maximum Gasteiger partial charge on any atom is 0.357 e. The Morgan fingerprint density at radius 2 is 2.03 bits per heavy atom. The zero-order valence-corrected chi connectivity index (χ0v) is 17.7. The van der Waals surface area contributed by atoms with E-state index in [4.69, 9.17) is 9.47 Å². The number of H-pyrrole nitrogens is 2. The molecule has 154 valence electrons. The highest BCUT2D eigenvalue weighted by Crippen LogP contribution is 2.35. The van der Waals surface area contributed by atoms with Gasteiger partial charge in [0.05, 0.1) is 21.3 Å². The van der Waals surface area contributed by atoms with E-state index in [0.29, 0.717) is 17.1 Å². The first-order chi connectivity index (χ1) is 14.4. The molecular formula is C19H15IN4O6. The zero-order chi connectivity index (χ0) is 21.7. The van der Waals surface area contributed by atoms with Gasteiger partial charge in [-0.2, -0.15) is 0 Å². The molecule has 10 nitrogen and oxygen atoms in total. The summed E-state index contributed by atoms with van der Waals surface area (Å²) < 4.78 is 12.0. The number of ether oxygens (including phenoxy) is 2. The number of hydrogen-bond donors (Lipinski definition) is 2. The topological polar surface area (TPSA) is 140 Å². The standard InChI is InChI=1S/C19H15IN4O6/c1-29-15-9-11(5-6-14-16(24(27)28)18(25)23-19(26)22-14)8-13(20)17(15)30-10-12-4-2-3-7-21-12/h2-9H,10H2,1H3,(H2,22,23,25,26)/b6-5+. The smallest absolute Gasteiger partial charge is 0.357 e. The second-order valence-electron chi connectivity index (χ2n) is 5.90. The van der Waals surface area contributed by atoms with Crippen molar-refractivity contribution in [2.24, 2.45) is 0 Å². The summed E-state index contributed by atoms with van der Waals surface area (Å²) in [6.07, 6.45) is 4.48. The van der Waals surface area contributed by atoms with Gasteiger partial charge in [-0.3, -0.25) is 24.9 Å². The largest absolute Gasteiger partial charge is 0.493 e. The summed E-state index contributed by atoms with van der Waals surface area (Å²) in [7, 11) is 1.49. The predicted octanol–water partition coefficient (Wildman–Crippen LogP) is 2.73. The molecule has 0 spiro atoms. The monoisotopic (exact) mass is 522 g/mol. The fraction of sp³-hybridized carbons (Fsp3) is 0.105. The molecule has 3 rings (SSSR count). The van der Waals surface area contributed by atoms with Gasteiger partial charge in [0.15, 0.2) is 11.5 Å². The minimum atomic E-state index is -1.08. The van der Waals surface area contributed by atoms with Crippen molar-refractivity contribution >= 4 is 40.4 Å². The number of nitrogens with one attached hydrogen (secondary N) is 2. The normalized spacial score (nSPS) is 10.9. The number of nitro groups is 1. The number of methoxy groups -OCH3 is 1. The lowest BCUT2D eigenvalue weighted by atomic mass is 10.1. The summed E-state index contributed by atoms with van der Waals surface area (Å²) in [6.45, 7) is 0.253. The molecule has 0 unspecified atom stereocenters. The highest BCUT2D eigenvalue weighted by atomic mass is 127. The summed E-state index contributed by atoms with van der Waals surface area (Å²) in [6, 6.07) is 8.95. The van der Waals surface area contributed by atoms with Crippen molar-refractivity contribution in [3.8, 4) is 11.5 Å². The second kappa shape index (κ2) is 9.35. The van der Waals surface area contributed by atoms with Crippen molar-refractivity contribution in [3.63, 3.8) is 0 Å². The molecule has 0 aliphatic heterocycles. The molecule has 0 fully saturated rings. The average Bonchev–Trinajstić information content (AvgIpc) is 2.71. The molecule has 11 heteroatoms. The molecule has 0 radical (unpaired) electrons. The van der Waals surface area contributed by atoms with Gasteiger partial charge in [-0.1, -0.05) is 12.1 Å². The predicted molar refractivity (Wildman–Crippen MR) is 118 cm³/mol. The molecule has 30 heavy (non-hydrogen) atoms. The van der Waals surface area contributed by atoms with Crippen LogP contribution < -0.4 is 20.7 Å². The van der Waals surface area contributed by atoms with Crippen LogP contribution >= 0.6 is 22.6 Å². The first-order valence-electron chi connectivity index (χ1n) is 8.48. The van der Waals surface area contributed by atoms with Gasteiger partial charge < -0.3 is 14.5 Å². The van der Waals surface area contributed by atoms with E-state index in [2.05, 4.69) is 32.6 Å². The Labute approximate surface area is 182 Å². The van der Waals surface area contributed by atoms with Crippen molar-refractivity contribution in [2.45, 2.75) is 6.61 Å². The van der Waals surface area contributed by atoms with Crippen molar-refractivity contribution in [3.05, 3.63) is 88.0 Å². The molecule has 0 amide bonds. The molecule has 2 heterocycles. The molecule has 2 aromatic heterocycles. The molecule has 3 aromatic rings. The van der Waals surface area contributed by atoms with Crippen LogP contribution in [0.5, 0.6) is 11.5 Å². The molecule has 0 aliphatic carbocycles. The minimum absolute atomic E-state index is 0.210. The quantitative estimate of drug-likeness (QED) is 0.276. The van der Waals surface area contributed by atoms with Crippen LogP contribution in [0.25, 0.3) is 12.2 Å². The van der Waals surface area contributed by atoms with E-state index in [-0.39, 0.29) is 12.3 Å². The van der Waals surface area contributed by atoms with Gasteiger partial charge in [0.1, 0.15) is 12.3 Å². The summed E-state index contributed by atoms with van der Waals surface area (Å²) in [5.41, 5.74) is -1.49. The number of aromatic nitrogens is 3. The van der Waals surface area contributed by atoms with E-state index in [1.807, 2.05) is 23.2 Å². The Kier molecular flexibility index (Phi) is 6.61. The molecule has 0 saturated heterocycles. The molecule has 0 bridgehead atoms. The van der Waals surface area contributed by atoms with E-state index >= 15 is 0 Å². The SMILES string of the molecule is COc1cc(/C=C/c2[nH]c(=O)[nH]c(=O)c2[N+](=O)[O-])cc(I)c1OCc1ccccn1. The maximum absolute atomic E-state index is 11.7. The van der Waals surface area contributed by atoms with Gasteiger partial charge in [0, 0.05) is 6.20 Å². The molecule has 1 aromatic carbocycles. The lowest BCUT2D eigenvalue weighted by Gasteiger charge is -2.13. The Bertz CT molecular complexity index is 1220. The van der Waals surface area contributed by atoms with Crippen molar-refractivity contribution in [2.75, 3.05) is 7.11 Å². The lowest BCUT2D eigenvalue weighted by Crippen LogP contribution is -2.25. The van der Waals surface area contributed by atoms with Crippen LogP contribution in [0.2, 0.25) is 0 Å². The first kappa shape index (κ1) is 21.2. The van der Waals surface area contributed by atoms with Crippen molar-refractivity contribution < 1.29 is 14.4 Å². The number of rotatable bonds is 7. The van der Waals surface area contributed by atoms with Gasteiger partial charge in [0.2, 0.25) is 0 Å². The Morgan fingerprint density at radius 3 is 2.70 bits per heavy atom. The van der Waals surface area contributed by atoms with Gasteiger partial charge in [0.25, 0.3) is 0 Å². The highest BCUT2D eigenvalue weighted by molar-refractivity contribution is 14.1. The third-order valence-corrected chi connectivity index (χ3v) is 4.71. The number of halogens is 1. The number of aromatic amines is 2. The number of nitrogens with zero attached hydrogens (tertiary/aromatic N) is 2. The van der Waals surface area contributed by atoms with Gasteiger partial charge in [-0.05, 0) is 58.5 Å². The fourth-order valence-corrected chi connectivity index (χ4v) is 3.37. The van der Waals surface area contributed by atoms with E-state index in [1.165, 1.54) is 19.3 Å². The summed E-state index contributed by atoms with van der Waals surface area (Å²) >= 11 is 2.08. The van der Waals surface area contributed by atoms with Crippen molar-refractivity contribution in [1.82, 2.24) is 15.0 Å². The van der Waals surface area contributed by atoms with Crippen LogP contribution in [0, 0.1) is 13.7 Å². The number of pyridine rings is 1. The summed E-state index contributed by atoms with van der Waals surface area (Å²) in [5.74, 6) is 0.975. The fourth-order valence-electron chi connectivity index (χ4n) is 2.58. The molecule has 0 atom stereocenters. The van der Waals surface area contributed by atoms with E-state index in [1.54, 1.807) is 18.3 Å². The van der Waals surface area contributed by atoms with Crippen LogP contribution in [0.1, 0.15) is 17.0 Å². The first-order valence-corrected chi connectivity index (χ1v) is 9.56. The highest BCUT2D eigenvalue weighted by Gasteiger charge is 2.19. The van der Waals surface area contributed by atoms with Gasteiger partial charge in [-0.25, -0.2) is 4.79 Å². The second-order valence-corrected chi connectivity index (χ2v) is 7.07. The zero-order valence-electron chi connectivity index (χ0n) is 15.5. The van der Waals surface area contributed by atoms with Crippen LogP contribution in [-0.4, -0.2) is 27.0 Å². The number of benzene rings is 1. The minimum Gasteiger partial charge on any atom is -0.493 e. The van der Waals surface area contributed by atoms with E-state index in [0.717, 1.165) is 9.26 Å². The molecule has 0 aliphatic rings. The van der Waals surface area contributed by atoms with Crippen LogP contribution in [0.3, 0.4) is 0 Å². The average molecular weight is 522 g/mol. The maximum atomic E-state index is 11.7. The van der Waals surface area contributed by atoms with Crippen LogP contribution in [0.15, 0.2) is 46.1 Å². The molecule has 2 N–H and O–H groups in total. The van der Waals surface area contributed by atoms with Crippen LogP contribution in [0.4, 0.5) is 5.69 Å². The summed E-state index contributed by atoms with van der Waals surface area (Å²) in [5, 5.41) is 11.1. The molecule has 0 saturated carbocycles. The Hall–Kier alpha value is -3.48. The Morgan fingerprint density at radius 1 is 1.23 bits per heavy atom. The van der Waals surface area contributed by atoms with E-state index in [9.17, 15) is 19.7 Å². The molecular weight excluding hydrogens is 507 g/mol. The lowest BCUT2D eigenvalue weighted by molar-refractivity contribution is -0.386. The van der Waals surface area contributed by atoms with Gasteiger partial charge in [-0.15, -0.1) is 0 Å². The van der Waals surface area contributed by atoms with Gasteiger partial charge >= 0.3 is 16.9 Å². The van der Waals surface area contributed by atoms with Crippen molar-refractivity contribution in [1.29, 1.82) is 0 Å². The Balaban J connectivity index is 1.91. The van der Waals surface area contributed by atoms with E-state index < -0.39 is 21.9 Å². The number of hydrogen-bond acceptors (Lipinski definition) is 7.